The fourth-order valence-electron chi connectivity index (χ4n) is 8.58. The van der Waals surface area contributed by atoms with E-state index < -0.39 is 0 Å². The van der Waals surface area contributed by atoms with E-state index >= 15 is 0 Å². The molecular weight excluding hydrogens is 789 g/mol. The van der Waals surface area contributed by atoms with Crippen molar-refractivity contribution in [3.63, 3.8) is 0 Å². The van der Waals surface area contributed by atoms with Gasteiger partial charge < -0.3 is 8.98 Å². The van der Waals surface area contributed by atoms with Crippen LogP contribution >= 0.6 is 11.3 Å². The molecule has 63 heavy (non-hydrogen) atoms. The summed E-state index contributed by atoms with van der Waals surface area (Å²) in [5.41, 5.74) is 6.25. The van der Waals surface area contributed by atoms with E-state index in [-0.39, 0.29) is 110 Å². The van der Waals surface area contributed by atoms with Crippen molar-refractivity contribution >= 4 is 75.3 Å². The Labute approximate surface area is 379 Å². The topological polar surface area (TPSA) is 56.7 Å². The maximum absolute atomic E-state index is 9.65. The van der Waals surface area contributed by atoms with Gasteiger partial charge in [-0.25, -0.2) is 15.0 Å². The number of benzene rings is 9. The van der Waals surface area contributed by atoms with Crippen LogP contribution in [0.25, 0.3) is 126 Å². The van der Waals surface area contributed by atoms with Gasteiger partial charge in [0.05, 0.1) is 24.7 Å². The van der Waals surface area contributed by atoms with Gasteiger partial charge in [0.15, 0.2) is 17.5 Å². The minimum atomic E-state index is -0.364. The van der Waals surface area contributed by atoms with Gasteiger partial charge in [0.25, 0.3) is 0 Å². The predicted molar refractivity (Wildman–Crippen MR) is 262 cm³/mol. The Kier molecular flexibility index (Phi) is 6.06. The average Bonchev–Trinajstić information content (AvgIpc) is 4.10. The lowest BCUT2D eigenvalue weighted by molar-refractivity contribution is 0.668. The average molecular weight is 833 g/mol. The second-order valence-electron chi connectivity index (χ2n) is 15.2. The molecule has 0 aliphatic rings. The molecule has 0 saturated heterocycles. The molecule has 9 aromatic carbocycles. The van der Waals surface area contributed by atoms with Gasteiger partial charge in [0.1, 0.15) is 11.2 Å². The van der Waals surface area contributed by atoms with E-state index in [9.17, 15) is 5.48 Å². The summed E-state index contributed by atoms with van der Waals surface area (Å²) >= 11 is 1.66. The van der Waals surface area contributed by atoms with Crippen molar-refractivity contribution in [3.8, 4) is 62.1 Å². The highest BCUT2D eigenvalue weighted by molar-refractivity contribution is 7.26. The zero-order valence-electron chi connectivity index (χ0n) is 43.0. The highest BCUT2D eigenvalue weighted by Crippen LogP contribution is 2.43. The van der Waals surface area contributed by atoms with Crippen molar-refractivity contribution < 1.29 is 18.1 Å². The molecule has 4 aromatic heterocycles. The summed E-state index contributed by atoms with van der Waals surface area (Å²) in [6, 6.07) is 43.5. The lowest BCUT2D eigenvalue weighted by Gasteiger charge is -2.09. The molecule has 0 saturated carbocycles. The third-order valence-corrected chi connectivity index (χ3v) is 12.6. The van der Waals surface area contributed by atoms with Crippen molar-refractivity contribution in [2.75, 3.05) is 0 Å². The number of furan rings is 1. The fraction of sp³-hybridized carbons (Fsp3) is 0. The van der Waals surface area contributed by atoms with Crippen molar-refractivity contribution in [2.45, 2.75) is 0 Å². The Bertz CT molecular complexity index is 4450. The summed E-state index contributed by atoms with van der Waals surface area (Å²) in [5, 5.41) is 3.08. The van der Waals surface area contributed by atoms with Crippen LogP contribution in [0.15, 0.2) is 210 Å². The summed E-state index contributed by atoms with van der Waals surface area (Å²) in [7, 11) is 0. The second kappa shape index (κ2) is 14.2. The van der Waals surface area contributed by atoms with Gasteiger partial charge in [-0.3, -0.25) is 0 Å². The highest BCUT2D eigenvalue weighted by Gasteiger charge is 2.19. The molecule has 0 N–H and O–H groups in total. The Morgan fingerprint density at radius 1 is 0.429 bits per heavy atom. The number of rotatable bonds is 6. The molecular formula is C57H34N4OS. The summed E-state index contributed by atoms with van der Waals surface area (Å²) in [6.45, 7) is 0. The number of nitrogens with zero attached hydrogens (tertiary/aromatic N) is 4. The van der Waals surface area contributed by atoms with Crippen LogP contribution < -0.4 is 0 Å². The molecule has 0 radical (unpaired) electrons. The molecule has 0 bridgehead atoms. The van der Waals surface area contributed by atoms with E-state index in [1.54, 1.807) is 11.3 Å². The lowest BCUT2D eigenvalue weighted by Crippen LogP contribution is -2.00. The molecule has 5 nitrogen and oxygen atoms in total. The summed E-state index contributed by atoms with van der Waals surface area (Å²) in [4.78, 5) is 14.7. The summed E-state index contributed by atoms with van der Waals surface area (Å²) < 4.78 is 99.5. The van der Waals surface area contributed by atoms with Crippen molar-refractivity contribution in [2.24, 2.45) is 0 Å². The first kappa shape index (κ1) is 26.9. The van der Waals surface area contributed by atoms with E-state index in [2.05, 4.69) is 60.7 Å². The van der Waals surface area contributed by atoms with Crippen molar-refractivity contribution in [3.05, 3.63) is 206 Å². The highest BCUT2D eigenvalue weighted by atomic mass is 32.1. The first-order valence-electron chi connectivity index (χ1n) is 25.3. The number of thiophene rings is 1. The third-order valence-electron chi connectivity index (χ3n) is 11.5. The number of hydrogen-bond donors (Lipinski definition) is 0. The van der Waals surface area contributed by atoms with E-state index in [1.807, 2.05) is 60.7 Å². The van der Waals surface area contributed by atoms with Gasteiger partial charge in [0.2, 0.25) is 0 Å². The van der Waals surface area contributed by atoms with Gasteiger partial charge >= 0.3 is 0 Å². The van der Waals surface area contributed by atoms with E-state index in [0.29, 0.717) is 33.5 Å². The van der Waals surface area contributed by atoms with Gasteiger partial charge in [-0.2, -0.15) is 0 Å². The fourth-order valence-corrected chi connectivity index (χ4v) is 9.75. The van der Waals surface area contributed by atoms with Gasteiger partial charge in [-0.15, -0.1) is 11.3 Å². The minimum Gasteiger partial charge on any atom is -0.456 e. The van der Waals surface area contributed by atoms with Crippen LogP contribution in [0.5, 0.6) is 0 Å². The molecule has 13 aromatic rings. The van der Waals surface area contributed by atoms with Gasteiger partial charge in [-0.05, 0) is 76.7 Å². The van der Waals surface area contributed by atoms with Crippen LogP contribution in [0.2, 0.25) is 0 Å². The molecule has 0 spiro atoms. The van der Waals surface area contributed by atoms with Crippen LogP contribution in [-0.2, 0) is 0 Å². The standard InChI is InChI=1S/C57H34N4OS/c1-3-13-35(14-4-1)37-17-11-18-38(31-37)42-21-12-24-52-54(42)47-29-26-40(33-53(47)63-52)57-59-55(36-15-5-2-6-16-36)58-56(60-57)39-25-28-45-46-30-27-41(34-51(46)62-50(45)32-39)61-48-22-9-7-19-43(48)44-20-8-10-23-49(44)61/h1-34H/i7D,8D,9D,10D,22D,23D,25D,28D,30D,32D. The number of aromatic nitrogens is 4. The molecule has 4 heterocycles. The molecule has 0 amide bonds. The van der Waals surface area contributed by atoms with Crippen molar-refractivity contribution in [1.82, 2.24) is 19.5 Å². The smallest absolute Gasteiger partial charge is 0.164 e. The molecule has 13 rings (SSSR count). The second-order valence-corrected chi connectivity index (χ2v) is 16.3. The zero-order valence-corrected chi connectivity index (χ0v) is 33.8. The van der Waals surface area contributed by atoms with E-state index in [1.165, 1.54) is 28.8 Å². The Morgan fingerprint density at radius 3 is 1.87 bits per heavy atom. The Balaban J connectivity index is 0.977. The predicted octanol–water partition coefficient (Wildman–Crippen LogP) is 15.6. The Hall–Kier alpha value is -8.19. The molecule has 6 heteroatoms. The monoisotopic (exact) mass is 832 g/mol. The quantitative estimate of drug-likeness (QED) is 0.167. The molecule has 0 atom stereocenters. The van der Waals surface area contributed by atoms with E-state index in [4.69, 9.17) is 27.6 Å². The minimum absolute atomic E-state index is 0.0188. The third kappa shape index (κ3) is 5.87. The molecule has 294 valence electrons. The van der Waals surface area contributed by atoms with Crippen LogP contribution in [0.3, 0.4) is 0 Å². The van der Waals surface area contributed by atoms with Crippen LogP contribution in [0, 0.1) is 0 Å². The van der Waals surface area contributed by atoms with Crippen LogP contribution in [0.1, 0.15) is 13.7 Å². The number of fused-ring (bicyclic) bond motifs is 9. The summed E-state index contributed by atoms with van der Waals surface area (Å²) in [5.74, 6) is 0.568. The first-order chi connectivity index (χ1) is 35.3. The number of hydrogen-bond acceptors (Lipinski definition) is 5. The lowest BCUT2D eigenvalue weighted by atomic mass is 9.96. The van der Waals surface area contributed by atoms with Gasteiger partial charge in [-0.1, -0.05) is 145 Å². The normalized spacial score (nSPS) is 14.0. The number of para-hydroxylation sites is 2. The van der Waals surface area contributed by atoms with Crippen LogP contribution in [0.4, 0.5) is 0 Å². The van der Waals surface area contributed by atoms with Crippen LogP contribution in [-0.4, -0.2) is 19.5 Å². The maximum Gasteiger partial charge on any atom is 0.164 e. The van der Waals surface area contributed by atoms with Gasteiger partial charge in [0, 0.05) is 70.2 Å². The Morgan fingerprint density at radius 2 is 1.10 bits per heavy atom. The maximum atomic E-state index is 9.65. The zero-order chi connectivity index (χ0) is 50.1. The SMILES string of the molecule is [2H]c1cc2c3cc([2H])c([2H])c([2H])c3n(-c3cc([2H])c4c(c3)oc3c([2H])c(-c5nc(-c6ccccc6)nc(-c6ccc7c(c6)sc6cccc(-c8cccc(-c9ccccc9)c8)c67)n5)c([2H])c([2H])c34)c2c([2H])c1[2H]. The van der Waals surface area contributed by atoms with E-state index in [0.717, 1.165) is 42.4 Å². The molecule has 0 fully saturated rings. The molecule has 0 aliphatic carbocycles. The largest absolute Gasteiger partial charge is 0.456 e. The van der Waals surface area contributed by atoms with Crippen molar-refractivity contribution in [1.29, 1.82) is 0 Å². The molecule has 0 unspecified atom stereocenters. The summed E-state index contributed by atoms with van der Waals surface area (Å²) in [6.07, 6.45) is 0. The first-order valence-corrected chi connectivity index (χ1v) is 21.1. The molecule has 0 aliphatic heterocycles.